The van der Waals surface area contributed by atoms with Gasteiger partial charge in [0, 0.05) is 12.1 Å². The molecule has 0 aliphatic carbocycles. The molecule has 0 aliphatic rings. The second kappa shape index (κ2) is 6.53. The van der Waals surface area contributed by atoms with Gasteiger partial charge in [0.05, 0.1) is 6.54 Å². The smallest absolute Gasteiger partial charge is 0.251 e. The van der Waals surface area contributed by atoms with Gasteiger partial charge in [-0.15, -0.1) is 0 Å². The van der Waals surface area contributed by atoms with E-state index in [0.717, 1.165) is 0 Å². The van der Waals surface area contributed by atoms with Crippen molar-refractivity contribution in [1.29, 1.82) is 0 Å². The van der Waals surface area contributed by atoms with Crippen molar-refractivity contribution in [2.24, 2.45) is 5.73 Å². The van der Waals surface area contributed by atoms with Crippen LogP contribution < -0.4 is 11.1 Å². The van der Waals surface area contributed by atoms with Crippen LogP contribution in [0.4, 0.5) is 0 Å². The van der Waals surface area contributed by atoms with Gasteiger partial charge in [0.15, 0.2) is 5.78 Å². The van der Waals surface area contributed by atoms with Crippen molar-refractivity contribution in [2.75, 3.05) is 13.1 Å². The summed E-state index contributed by atoms with van der Waals surface area (Å²) in [5, 5.41) is 2.53. The summed E-state index contributed by atoms with van der Waals surface area (Å²) in [4.78, 5) is 22.7. The maximum absolute atomic E-state index is 11.5. The molecule has 0 aromatic heterocycles. The monoisotopic (exact) mass is 218 g/mol. The van der Waals surface area contributed by atoms with E-state index in [0.29, 0.717) is 12.1 Å². The second-order valence-corrected chi connectivity index (χ2v) is 3.15. The van der Waals surface area contributed by atoms with E-state index in [4.69, 9.17) is 5.73 Å². The first-order chi connectivity index (χ1) is 7.74. The van der Waals surface area contributed by atoms with Crippen LogP contribution in [0.1, 0.15) is 10.4 Å². The van der Waals surface area contributed by atoms with E-state index in [1.165, 1.54) is 6.08 Å². The molecule has 4 nitrogen and oxygen atoms in total. The van der Waals surface area contributed by atoms with Crippen LogP contribution in [0.25, 0.3) is 0 Å². The highest BCUT2D eigenvalue weighted by molar-refractivity contribution is 5.99. The molecule has 1 aromatic carbocycles. The number of ketones is 1. The van der Waals surface area contributed by atoms with Gasteiger partial charge in [0.1, 0.15) is 0 Å². The lowest BCUT2D eigenvalue weighted by Gasteiger charge is -2.02. The van der Waals surface area contributed by atoms with Crippen LogP contribution in [0.15, 0.2) is 42.5 Å². The van der Waals surface area contributed by atoms with Crippen molar-refractivity contribution in [1.82, 2.24) is 5.32 Å². The number of carbonyl (C=O) groups is 2. The molecule has 0 atom stereocenters. The molecule has 0 radical (unpaired) electrons. The molecule has 0 fully saturated rings. The molecule has 0 heterocycles. The van der Waals surface area contributed by atoms with Gasteiger partial charge in [0.2, 0.25) is 0 Å². The van der Waals surface area contributed by atoms with Crippen LogP contribution in [-0.4, -0.2) is 24.8 Å². The normalized spacial score (nSPS) is 10.3. The SMILES string of the molecule is NCC=CC(=O)CNC(=O)c1ccccc1. The summed E-state index contributed by atoms with van der Waals surface area (Å²) in [6.07, 6.45) is 2.92. The average molecular weight is 218 g/mol. The predicted octanol–water partition coefficient (Wildman–Crippen LogP) is 0.500. The van der Waals surface area contributed by atoms with Gasteiger partial charge in [-0.25, -0.2) is 0 Å². The third-order valence-corrected chi connectivity index (χ3v) is 1.90. The van der Waals surface area contributed by atoms with Crippen molar-refractivity contribution >= 4 is 11.7 Å². The van der Waals surface area contributed by atoms with Gasteiger partial charge in [-0.2, -0.15) is 0 Å². The molecular formula is C12H14N2O2. The zero-order valence-electron chi connectivity index (χ0n) is 8.85. The van der Waals surface area contributed by atoms with Gasteiger partial charge >= 0.3 is 0 Å². The summed E-state index contributed by atoms with van der Waals surface area (Å²) in [6, 6.07) is 8.74. The number of carbonyl (C=O) groups excluding carboxylic acids is 2. The average Bonchev–Trinajstić information content (AvgIpc) is 2.34. The number of rotatable bonds is 5. The second-order valence-electron chi connectivity index (χ2n) is 3.15. The lowest BCUT2D eigenvalue weighted by molar-refractivity contribution is -0.113. The van der Waals surface area contributed by atoms with Crippen LogP contribution >= 0.6 is 0 Å². The summed E-state index contributed by atoms with van der Waals surface area (Å²) < 4.78 is 0. The fourth-order valence-electron chi connectivity index (χ4n) is 1.12. The molecular weight excluding hydrogens is 204 g/mol. The zero-order valence-corrected chi connectivity index (χ0v) is 8.85. The van der Waals surface area contributed by atoms with Crippen LogP contribution in [-0.2, 0) is 4.79 Å². The van der Waals surface area contributed by atoms with Crippen LogP contribution in [0.5, 0.6) is 0 Å². The fraction of sp³-hybridized carbons (Fsp3) is 0.167. The van der Waals surface area contributed by atoms with E-state index in [9.17, 15) is 9.59 Å². The molecule has 1 aromatic rings. The minimum absolute atomic E-state index is 0.00969. The highest BCUT2D eigenvalue weighted by Crippen LogP contribution is 1.97. The largest absolute Gasteiger partial charge is 0.345 e. The van der Waals surface area contributed by atoms with Crippen LogP contribution in [0, 0.1) is 0 Å². The first-order valence-corrected chi connectivity index (χ1v) is 4.96. The van der Waals surface area contributed by atoms with Crippen molar-refractivity contribution in [3.63, 3.8) is 0 Å². The lowest BCUT2D eigenvalue weighted by atomic mass is 10.2. The van der Waals surface area contributed by atoms with Gasteiger partial charge in [-0.05, 0) is 18.2 Å². The molecule has 16 heavy (non-hydrogen) atoms. The van der Waals surface area contributed by atoms with E-state index < -0.39 is 0 Å². The summed E-state index contributed by atoms with van der Waals surface area (Å²) in [5.41, 5.74) is 5.74. The first-order valence-electron chi connectivity index (χ1n) is 4.96. The van der Waals surface area contributed by atoms with Crippen molar-refractivity contribution in [2.45, 2.75) is 0 Å². The number of nitrogens with two attached hydrogens (primary N) is 1. The van der Waals surface area contributed by atoms with Gasteiger partial charge in [-0.3, -0.25) is 9.59 Å². The maximum Gasteiger partial charge on any atom is 0.251 e. The topological polar surface area (TPSA) is 72.2 Å². The van der Waals surface area contributed by atoms with Crippen molar-refractivity contribution in [3.05, 3.63) is 48.0 Å². The van der Waals surface area contributed by atoms with Crippen molar-refractivity contribution in [3.8, 4) is 0 Å². The van der Waals surface area contributed by atoms with Crippen LogP contribution in [0.3, 0.4) is 0 Å². The minimum Gasteiger partial charge on any atom is -0.345 e. The summed E-state index contributed by atoms with van der Waals surface area (Å²) >= 11 is 0. The Morgan fingerprint density at radius 3 is 2.56 bits per heavy atom. The molecule has 3 N–H and O–H groups in total. The third kappa shape index (κ3) is 4.06. The molecule has 84 valence electrons. The Kier molecular flexibility index (Phi) is 4.95. The third-order valence-electron chi connectivity index (χ3n) is 1.90. The van der Waals surface area contributed by atoms with Gasteiger partial charge < -0.3 is 11.1 Å². The van der Waals surface area contributed by atoms with E-state index in [1.807, 2.05) is 6.07 Å². The van der Waals surface area contributed by atoms with E-state index >= 15 is 0 Å². The minimum atomic E-state index is -0.255. The summed E-state index contributed by atoms with van der Waals surface area (Å²) in [7, 11) is 0. The van der Waals surface area contributed by atoms with Crippen molar-refractivity contribution < 1.29 is 9.59 Å². The fourth-order valence-corrected chi connectivity index (χ4v) is 1.12. The molecule has 0 aliphatic heterocycles. The molecule has 4 heteroatoms. The Morgan fingerprint density at radius 2 is 1.94 bits per heavy atom. The Bertz CT molecular complexity index is 385. The van der Waals surface area contributed by atoms with E-state index in [1.54, 1.807) is 30.3 Å². The molecule has 0 saturated heterocycles. The zero-order chi connectivity index (χ0) is 11.8. The van der Waals surface area contributed by atoms with E-state index in [-0.39, 0.29) is 18.2 Å². The quantitative estimate of drug-likeness (QED) is 0.707. The molecule has 1 rings (SSSR count). The Morgan fingerprint density at radius 1 is 1.25 bits per heavy atom. The van der Waals surface area contributed by atoms with E-state index in [2.05, 4.69) is 5.32 Å². The number of amides is 1. The lowest BCUT2D eigenvalue weighted by Crippen LogP contribution is -2.28. The Balaban J connectivity index is 2.42. The van der Waals surface area contributed by atoms with Gasteiger partial charge in [-0.1, -0.05) is 24.3 Å². The number of nitrogens with one attached hydrogen (secondary N) is 1. The van der Waals surface area contributed by atoms with Crippen LogP contribution in [0.2, 0.25) is 0 Å². The Labute approximate surface area is 94.1 Å². The summed E-state index contributed by atoms with van der Waals surface area (Å²) in [6.45, 7) is 0.308. The highest BCUT2D eigenvalue weighted by atomic mass is 16.2. The molecule has 0 bridgehead atoms. The van der Waals surface area contributed by atoms with Gasteiger partial charge in [0.25, 0.3) is 5.91 Å². The number of hydrogen-bond acceptors (Lipinski definition) is 3. The number of benzene rings is 1. The first kappa shape index (κ1) is 12.1. The summed E-state index contributed by atoms with van der Waals surface area (Å²) in [5.74, 6) is -0.426. The Hall–Kier alpha value is -1.94. The molecule has 0 unspecified atom stereocenters. The highest BCUT2D eigenvalue weighted by Gasteiger charge is 2.04. The maximum atomic E-state index is 11.5. The standard InChI is InChI=1S/C12H14N2O2/c13-8-4-7-11(15)9-14-12(16)10-5-2-1-3-6-10/h1-7H,8-9,13H2,(H,14,16). The molecule has 0 spiro atoms. The predicted molar refractivity (Wildman–Crippen MR) is 62.0 cm³/mol. The molecule has 1 amide bonds. The molecule has 0 saturated carbocycles. The number of hydrogen-bond donors (Lipinski definition) is 2.